The summed E-state index contributed by atoms with van der Waals surface area (Å²) >= 11 is 0. The lowest BCUT2D eigenvalue weighted by Gasteiger charge is -2.17. The van der Waals surface area contributed by atoms with Crippen molar-refractivity contribution in [2.75, 3.05) is 26.9 Å². The summed E-state index contributed by atoms with van der Waals surface area (Å²) in [6.07, 6.45) is 2.60. The lowest BCUT2D eigenvalue weighted by atomic mass is 9.84. The Morgan fingerprint density at radius 1 is 1.47 bits per heavy atom. The van der Waals surface area contributed by atoms with E-state index in [1.807, 2.05) is 0 Å². The summed E-state index contributed by atoms with van der Waals surface area (Å²) in [7, 11) is 1.61. The number of carbonyl (C=O) groups excluding carboxylic acids is 1. The van der Waals surface area contributed by atoms with Crippen LogP contribution < -0.4 is 0 Å². The highest BCUT2D eigenvalue weighted by Crippen LogP contribution is 2.37. The highest BCUT2D eigenvalue weighted by Gasteiger charge is 2.41. The molecule has 1 unspecified atom stereocenters. The Labute approximate surface area is 90.2 Å². The van der Waals surface area contributed by atoms with E-state index in [1.165, 1.54) is 0 Å². The Morgan fingerprint density at radius 2 is 2.27 bits per heavy atom. The molecule has 4 heteroatoms. The fraction of sp³-hybridized carbons (Fsp3) is 0.818. The molecule has 0 spiro atoms. The van der Waals surface area contributed by atoms with Crippen LogP contribution in [0.1, 0.15) is 25.7 Å². The summed E-state index contributed by atoms with van der Waals surface area (Å²) in [6, 6.07) is 2.16. The summed E-state index contributed by atoms with van der Waals surface area (Å²) in [5, 5.41) is 9.04. The van der Waals surface area contributed by atoms with Gasteiger partial charge in [0, 0.05) is 20.1 Å². The van der Waals surface area contributed by atoms with E-state index in [2.05, 4.69) is 6.07 Å². The Bertz CT molecular complexity index is 259. The molecule has 0 saturated heterocycles. The van der Waals surface area contributed by atoms with Crippen molar-refractivity contribution in [2.45, 2.75) is 25.7 Å². The van der Waals surface area contributed by atoms with Crippen molar-refractivity contribution in [3.63, 3.8) is 0 Å². The third-order valence-electron chi connectivity index (χ3n) is 2.86. The van der Waals surface area contributed by atoms with Crippen molar-refractivity contribution in [3.8, 4) is 6.07 Å². The van der Waals surface area contributed by atoms with Gasteiger partial charge in [-0.05, 0) is 19.3 Å². The molecule has 1 aliphatic rings. The van der Waals surface area contributed by atoms with E-state index in [1.54, 1.807) is 7.11 Å². The molecule has 0 aromatic carbocycles. The summed E-state index contributed by atoms with van der Waals surface area (Å²) in [4.78, 5) is 11.5. The van der Waals surface area contributed by atoms with Crippen molar-refractivity contribution in [1.29, 1.82) is 5.26 Å². The molecule has 84 valence electrons. The number of nitriles is 1. The van der Waals surface area contributed by atoms with Crippen molar-refractivity contribution >= 4 is 5.78 Å². The molecule has 4 nitrogen and oxygen atoms in total. The number of nitrogens with zero attached hydrogens (tertiary/aromatic N) is 1. The van der Waals surface area contributed by atoms with Crippen LogP contribution >= 0.6 is 0 Å². The molecular formula is C11H17NO3. The fourth-order valence-electron chi connectivity index (χ4n) is 1.86. The van der Waals surface area contributed by atoms with E-state index >= 15 is 0 Å². The minimum absolute atomic E-state index is 0.0836. The van der Waals surface area contributed by atoms with Gasteiger partial charge < -0.3 is 9.47 Å². The smallest absolute Gasteiger partial charge is 0.153 e. The molecular weight excluding hydrogens is 194 g/mol. The SMILES string of the molecule is COCCOCCC1(C#N)CCCC1=O. The van der Waals surface area contributed by atoms with E-state index < -0.39 is 5.41 Å². The lowest BCUT2D eigenvalue weighted by Crippen LogP contribution is -2.25. The zero-order valence-corrected chi connectivity index (χ0v) is 9.12. The van der Waals surface area contributed by atoms with Crippen molar-refractivity contribution < 1.29 is 14.3 Å². The van der Waals surface area contributed by atoms with E-state index in [0.29, 0.717) is 39.1 Å². The molecule has 1 saturated carbocycles. The maximum atomic E-state index is 11.5. The van der Waals surface area contributed by atoms with Crippen LogP contribution in [0.2, 0.25) is 0 Å². The second-order valence-electron chi connectivity index (χ2n) is 3.83. The molecule has 1 rings (SSSR count). The van der Waals surface area contributed by atoms with Gasteiger partial charge in [-0.15, -0.1) is 0 Å². The van der Waals surface area contributed by atoms with Crippen LogP contribution in [0.3, 0.4) is 0 Å². The zero-order chi connectivity index (χ0) is 11.1. The molecule has 15 heavy (non-hydrogen) atoms. The quantitative estimate of drug-likeness (QED) is 0.621. The summed E-state index contributed by atoms with van der Waals surface area (Å²) < 4.78 is 10.1. The number of methoxy groups -OCH3 is 1. The van der Waals surface area contributed by atoms with Gasteiger partial charge in [-0.3, -0.25) is 4.79 Å². The first-order chi connectivity index (χ1) is 7.25. The van der Waals surface area contributed by atoms with Crippen LogP contribution in [0.25, 0.3) is 0 Å². The highest BCUT2D eigenvalue weighted by atomic mass is 16.5. The lowest BCUT2D eigenvalue weighted by molar-refractivity contribution is -0.124. The number of hydrogen-bond acceptors (Lipinski definition) is 4. The topological polar surface area (TPSA) is 59.3 Å². The molecule has 1 fully saturated rings. The van der Waals surface area contributed by atoms with Gasteiger partial charge in [0.1, 0.15) is 5.41 Å². The number of rotatable bonds is 6. The molecule has 0 amide bonds. The number of carbonyl (C=O) groups is 1. The van der Waals surface area contributed by atoms with Gasteiger partial charge in [0.15, 0.2) is 5.78 Å². The third-order valence-corrected chi connectivity index (χ3v) is 2.86. The Kier molecular flexibility index (Phi) is 4.73. The van der Waals surface area contributed by atoms with Crippen LogP contribution in [0.5, 0.6) is 0 Å². The van der Waals surface area contributed by atoms with E-state index in [-0.39, 0.29) is 5.78 Å². The minimum Gasteiger partial charge on any atom is -0.382 e. The maximum absolute atomic E-state index is 11.5. The van der Waals surface area contributed by atoms with Crippen LogP contribution in [0.15, 0.2) is 0 Å². The maximum Gasteiger partial charge on any atom is 0.153 e. The fourth-order valence-corrected chi connectivity index (χ4v) is 1.86. The normalized spacial score (nSPS) is 25.5. The van der Waals surface area contributed by atoms with Crippen LogP contribution in [0.4, 0.5) is 0 Å². The van der Waals surface area contributed by atoms with Crippen molar-refractivity contribution in [1.82, 2.24) is 0 Å². The summed E-state index contributed by atoms with van der Waals surface area (Å²) in [5.74, 6) is 0.0836. The molecule has 0 aliphatic heterocycles. The first kappa shape index (κ1) is 12.2. The molecule has 0 radical (unpaired) electrons. The Balaban J connectivity index is 2.29. The third kappa shape index (κ3) is 3.01. The van der Waals surface area contributed by atoms with Gasteiger partial charge in [-0.2, -0.15) is 5.26 Å². The average Bonchev–Trinajstić information content (AvgIpc) is 2.61. The Hall–Kier alpha value is -0.920. The van der Waals surface area contributed by atoms with E-state index in [4.69, 9.17) is 14.7 Å². The van der Waals surface area contributed by atoms with Gasteiger partial charge in [-0.25, -0.2) is 0 Å². The van der Waals surface area contributed by atoms with Gasteiger partial charge in [0.05, 0.1) is 19.3 Å². The summed E-state index contributed by atoms with van der Waals surface area (Å²) in [5.41, 5.74) is -0.757. The second-order valence-corrected chi connectivity index (χ2v) is 3.83. The second kappa shape index (κ2) is 5.84. The molecule has 1 aliphatic carbocycles. The van der Waals surface area contributed by atoms with Gasteiger partial charge >= 0.3 is 0 Å². The van der Waals surface area contributed by atoms with Crippen LogP contribution in [0, 0.1) is 16.7 Å². The first-order valence-electron chi connectivity index (χ1n) is 5.26. The molecule has 0 aromatic heterocycles. The Morgan fingerprint density at radius 3 is 2.80 bits per heavy atom. The van der Waals surface area contributed by atoms with Gasteiger partial charge in [-0.1, -0.05) is 0 Å². The van der Waals surface area contributed by atoms with E-state index in [0.717, 1.165) is 6.42 Å². The average molecular weight is 211 g/mol. The van der Waals surface area contributed by atoms with E-state index in [9.17, 15) is 4.79 Å². The first-order valence-corrected chi connectivity index (χ1v) is 5.26. The molecule has 0 N–H and O–H groups in total. The minimum atomic E-state index is -0.757. The monoisotopic (exact) mass is 211 g/mol. The van der Waals surface area contributed by atoms with Crippen molar-refractivity contribution in [3.05, 3.63) is 0 Å². The number of Topliss-reactive ketones (excluding diaryl/α,β-unsaturated/α-hetero) is 1. The van der Waals surface area contributed by atoms with Gasteiger partial charge in [0.25, 0.3) is 0 Å². The highest BCUT2D eigenvalue weighted by molar-refractivity contribution is 5.89. The molecule has 1 atom stereocenters. The molecule has 0 bridgehead atoms. The predicted octanol–water partition coefficient (Wildman–Crippen LogP) is 1.30. The van der Waals surface area contributed by atoms with Crippen LogP contribution in [-0.2, 0) is 14.3 Å². The summed E-state index contributed by atoms with van der Waals surface area (Å²) in [6.45, 7) is 1.53. The largest absolute Gasteiger partial charge is 0.382 e. The standard InChI is InChI=1S/C11H17NO3/c1-14-7-8-15-6-5-11(9-12)4-2-3-10(11)13/h2-8H2,1H3. The van der Waals surface area contributed by atoms with Crippen molar-refractivity contribution in [2.24, 2.45) is 5.41 Å². The predicted molar refractivity (Wildman–Crippen MR) is 54.2 cm³/mol. The number of ketones is 1. The number of hydrogen-bond donors (Lipinski definition) is 0. The van der Waals surface area contributed by atoms with Crippen LogP contribution in [-0.4, -0.2) is 32.7 Å². The zero-order valence-electron chi connectivity index (χ0n) is 9.12. The number of ether oxygens (including phenoxy) is 2. The molecule has 0 heterocycles. The molecule has 0 aromatic rings. The van der Waals surface area contributed by atoms with Gasteiger partial charge in [0.2, 0.25) is 0 Å².